The Bertz CT molecular complexity index is 846. The number of imidazole rings is 1. The van der Waals surface area contributed by atoms with E-state index in [2.05, 4.69) is 25.9 Å². The zero-order valence-electron chi connectivity index (χ0n) is 19.1. The molecule has 0 radical (unpaired) electrons. The summed E-state index contributed by atoms with van der Waals surface area (Å²) in [5, 5.41) is 26.2. The lowest BCUT2D eigenvalue weighted by Gasteiger charge is -2.26. The van der Waals surface area contributed by atoms with Gasteiger partial charge in [0.15, 0.2) is 0 Å². The monoisotopic (exact) mass is 483 g/mol. The van der Waals surface area contributed by atoms with Crippen LogP contribution in [0, 0.1) is 5.92 Å². The third-order valence-corrected chi connectivity index (χ3v) is 5.24. The summed E-state index contributed by atoms with van der Waals surface area (Å²) in [6, 6.07) is -5.03. The van der Waals surface area contributed by atoms with Gasteiger partial charge in [-0.05, 0) is 12.3 Å². The molecule has 0 aliphatic rings. The lowest BCUT2D eigenvalue weighted by Crippen LogP contribution is -2.59. The van der Waals surface area contributed by atoms with Crippen molar-refractivity contribution in [3.63, 3.8) is 0 Å². The summed E-state index contributed by atoms with van der Waals surface area (Å²) in [4.78, 5) is 66.9. The summed E-state index contributed by atoms with van der Waals surface area (Å²) >= 11 is 0. The maximum atomic E-state index is 12.9. The van der Waals surface area contributed by atoms with Crippen molar-refractivity contribution in [2.24, 2.45) is 17.4 Å². The van der Waals surface area contributed by atoms with Gasteiger partial charge in [0, 0.05) is 24.7 Å². The number of carbonyl (C=O) groups excluding carboxylic acids is 4. The number of carboxylic acid groups (broad SMARTS) is 1. The van der Waals surface area contributed by atoms with Crippen molar-refractivity contribution < 1.29 is 34.2 Å². The Labute approximate surface area is 196 Å². The molecule has 0 fully saturated rings. The van der Waals surface area contributed by atoms with E-state index in [4.69, 9.17) is 11.5 Å². The molecule has 0 spiro atoms. The van der Waals surface area contributed by atoms with Crippen molar-refractivity contribution >= 4 is 29.6 Å². The molecule has 10 N–H and O–H groups in total. The zero-order valence-corrected chi connectivity index (χ0v) is 19.1. The highest BCUT2D eigenvalue weighted by Crippen LogP contribution is 2.09. The molecule has 0 bridgehead atoms. The maximum absolute atomic E-state index is 12.9. The Morgan fingerprint density at radius 3 is 2.21 bits per heavy atom. The largest absolute Gasteiger partial charge is 0.480 e. The first kappa shape index (κ1) is 28.5. The predicted octanol–water partition coefficient (Wildman–Crippen LogP) is -2.88. The second-order valence-corrected chi connectivity index (χ2v) is 7.91. The number of aliphatic hydroxyl groups excluding tert-OH is 1. The van der Waals surface area contributed by atoms with E-state index in [1.165, 1.54) is 12.5 Å². The van der Waals surface area contributed by atoms with Crippen LogP contribution in [-0.4, -0.2) is 80.6 Å². The van der Waals surface area contributed by atoms with E-state index < -0.39 is 60.4 Å². The number of aromatic nitrogens is 2. The number of carboxylic acids is 1. The fraction of sp³-hybridized carbons (Fsp3) is 0.600. The third kappa shape index (κ3) is 9.15. The molecule has 5 atom stereocenters. The molecule has 0 aliphatic heterocycles. The molecule has 0 saturated carbocycles. The Kier molecular flexibility index (Phi) is 11.7. The standard InChI is InChI=1S/C20H33N7O7/c1-3-10(2)16(20(33)34)27-18(31)13(6-11-7-23-9-24-11)25-19(32)14(8-28)26-17(30)12(21)4-5-15(22)29/h7,9-10,12-14,16,28H,3-6,8,21H2,1-2H3,(H2,22,29)(H,23,24)(H,25,32)(H,26,30)(H,27,31)(H,33,34). The SMILES string of the molecule is CCC(C)C(NC(=O)C(Cc1cnc[nH]1)NC(=O)C(CO)NC(=O)C(N)CCC(N)=O)C(=O)O. The number of carbonyl (C=O) groups is 5. The van der Waals surface area contributed by atoms with Crippen molar-refractivity contribution in [2.45, 2.75) is 63.7 Å². The van der Waals surface area contributed by atoms with Crippen molar-refractivity contribution in [1.29, 1.82) is 0 Å². The van der Waals surface area contributed by atoms with Crippen molar-refractivity contribution in [3.8, 4) is 0 Å². The summed E-state index contributed by atoms with van der Waals surface area (Å²) in [5.41, 5.74) is 11.2. The summed E-state index contributed by atoms with van der Waals surface area (Å²) in [7, 11) is 0. The fourth-order valence-corrected chi connectivity index (χ4v) is 2.94. The van der Waals surface area contributed by atoms with E-state index in [-0.39, 0.29) is 25.2 Å². The van der Waals surface area contributed by atoms with Gasteiger partial charge in [-0.25, -0.2) is 9.78 Å². The molecule has 14 nitrogen and oxygen atoms in total. The van der Waals surface area contributed by atoms with E-state index >= 15 is 0 Å². The van der Waals surface area contributed by atoms with Gasteiger partial charge in [0.2, 0.25) is 23.6 Å². The molecule has 1 rings (SSSR count). The first-order valence-corrected chi connectivity index (χ1v) is 10.8. The Morgan fingerprint density at radius 2 is 1.71 bits per heavy atom. The molecule has 34 heavy (non-hydrogen) atoms. The minimum atomic E-state index is -1.45. The van der Waals surface area contributed by atoms with E-state index in [9.17, 15) is 34.2 Å². The van der Waals surface area contributed by atoms with Crippen LogP contribution in [0.1, 0.15) is 38.8 Å². The molecular formula is C20H33N7O7. The number of rotatable bonds is 15. The zero-order chi connectivity index (χ0) is 25.8. The van der Waals surface area contributed by atoms with E-state index in [0.29, 0.717) is 12.1 Å². The van der Waals surface area contributed by atoms with Gasteiger partial charge in [-0.15, -0.1) is 0 Å². The molecule has 0 saturated heterocycles. The van der Waals surface area contributed by atoms with Crippen LogP contribution in [-0.2, 0) is 30.4 Å². The van der Waals surface area contributed by atoms with Gasteiger partial charge in [0.25, 0.3) is 0 Å². The first-order chi connectivity index (χ1) is 16.0. The van der Waals surface area contributed by atoms with Gasteiger partial charge < -0.3 is 42.6 Å². The minimum Gasteiger partial charge on any atom is -0.480 e. The average Bonchev–Trinajstić information content (AvgIpc) is 3.30. The van der Waals surface area contributed by atoms with E-state index in [1.807, 2.05) is 0 Å². The molecule has 4 amide bonds. The quantitative estimate of drug-likeness (QED) is 0.127. The number of aliphatic carboxylic acids is 1. The van der Waals surface area contributed by atoms with Crippen molar-refractivity contribution in [2.75, 3.05) is 6.61 Å². The van der Waals surface area contributed by atoms with Gasteiger partial charge in [-0.3, -0.25) is 19.2 Å². The molecule has 14 heteroatoms. The predicted molar refractivity (Wildman–Crippen MR) is 119 cm³/mol. The van der Waals surface area contributed by atoms with Crippen molar-refractivity contribution in [1.82, 2.24) is 25.9 Å². The van der Waals surface area contributed by atoms with Crippen LogP contribution in [0.5, 0.6) is 0 Å². The Balaban J connectivity index is 2.94. The van der Waals surface area contributed by atoms with E-state index in [0.717, 1.165) is 0 Å². The van der Waals surface area contributed by atoms with Crippen LogP contribution in [0.25, 0.3) is 0 Å². The van der Waals surface area contributed by atoms with Gasteiger partial charge in [-0.2, -0.15) is 0 Å². The van der Waals surface area contributed by atoms with Crippen LogP contribution in [0.15, 0.2) is 12.5 Å². The van der Waals surface area contributed by atoms with E-state index in [1.54, 1.807) is 13.8 Å². The highest BCUT2D eigenvalue weighted by atomic mass is 16.4. The summed E-state index contributed by atoms with van der Waals surface area (Å²) in [6.07, 6.45) is 3.03. The summed E-state index contributed by atoms with van der Waals surface area (Å²) < 4.78 is 0. The van der Waals surface area contributed by atoms with Crippen LogP contribution >= 0.6 is 0 Å². The number of nitrogens with one attached hydrogen (secondary N) is 4. The normalized spacial score (nSPS) is 15.3. The summed E-state index contributed by atoms with van der Waals surface area (Å²) in [5.74, 6) is -4.71. The first-order valence-electron chi connectivity index (χ1n) is 10.8. The Morgan fingerprint density at radius 1 is 1.09 bits per heavy atom. The molecule has 1 aromatic rings. The average molecular weight is 484 g/mol. The molecular weight excluding hydrogens is 450 g/mol. The third-order valence-electron chi connectivity index (χ3n) is 5.24. The minimum absolute atomic E-state index is 0.0576. The number of amides is 4. The number of primary amides is 1. The fourth-order valence-electron chi connectivity index (χ4n) is 2.94. The smallest absolute Gasteiger partial charge is 0.326 e. The number of nitrogens with zero attached hydrogens (tertiary/aromatic N) is 1. The van der Waals surface area contributed by atoms with Gasteiger partial charge >= 0.3 is 5.97 Å². The summed E-state index contributed by atoms with van der Waals surface area (Å²) in [6.45, 7) is 2.64. The number of aromatic amines is 1. The molecule has 1 heterocycles. The molecule has 1 aromatic heterocycles. The topological polar surface area (TPSA) is 243 Å². The van der Waals surface area contributed by atoms with Crippen LogP contribution < -0.4 is 27.4 Å². The van der Waals surface area contributed by atoms with Gasteiger partial charge in [0.1, 0.15) is 18.1 Å². The van der Waals surface area contributed by atoms with Crippen LogP contribution in [0.2, 0.25) is 0 Å². The van der Waals surface area contributed by atoms with Crippen LogP contribution in [0.4, 0.5) is 0 Å². The number of nitrogens with two attached hydrogens (primary N) is 2. The van der Waals surface area contributed by atoms with Crippen molar-refractivity contribution in [3.05, 3.63) is 18.2 Å². The lowest BCUT2D eigenvalue weighted by molar-refractivity contribution is -0.144. The molecule has 5 unspecified atom stereocenters. The van der Waals surface area contributed by atoms with Crippen LogP contribution in [0.3, 0.4) is 0 Å². The second kappa shape index (κ2) is 13.9. The number of hydrogen-bond donors (Lipinski definition) is 8. The highest BCUT2D eigenvalue weighted by Gasteiger charge is 2.32. The molecule has 0 aliphatic carbocycles. The highest BCUT2D eigenvalue weighted by molar-refractivity contribution is 5.94. The lowest BCUT2D eigenvalue weighted by atomic mass is 9.98. The maximum Gasteiger partial charge on any atom is 0.326 e. The molecule has 0 aromatic carbocycles. The number of H-pyrrole nitrogens is 1. The Hall–Kier alpha value is -3.52. The number of hydrogen-bond acceptors (Lipinski definition) is 8. The second-order valence-electron chi connectivity index (χ2n) is 7.91. The van der Waals surface area contributed by atoms with Gasteiger partial charge in [0.05, 0.1) is 19.0 Å². The van der Waals surface area contributed by atoms with Gasteiger partial charge in [-0.1, -0.05) is 20.3 Å². The number of aliphatic hydroxyl groups is 1. The molecule has 190 valence electrons.